The van der Waals surface area contributed by atoms with E-state index in [4.69, 9.17) is 5.10 Å². The van der Waals surface area contributed by atoms with Crippen molar-refractivity contribution in [1.29, 1.82) is 0 Å². The fraction of sp³-hybridized carbons (Fsp3) is 0.512. The van der Waals surface area contributed by atoms with E-state index < -0.39 is 36.1 Å². The molecule has 59 heavy (non-hydrogen) atoms. The van der Waals surface area contributed by atoms with Gasteiger partial charge in [-0.1, -0.05) is 19.9 Å². The number of aryl methyl sites for hydroxylation is 1. The van der Waals surface area contributed by atoms with Crippen molar-refractivity contribution in [2.75, 3.05) is 37.6 Å². The van der Waals surface area contributed by atoms with E-state index in [9.17, 15) is 37.5 Å². The van der Waals surface area contributed by atoms with Gasteiger partial charge in [0.05, 0.1) is 30.3 Å². The molecule has 6 amide bonds. The second-order valence-electron chi connectivity index (χ2n) is 17.1. The van der Waals surface area contributed by atoms with Gasteiger partial charge in [-0.15, -0.1) is 0 Å². The largest absolute Gasteiger partial charge is 0.341 e. The van der Waals surface area contributed by atoms with Crippen LogP contribution in [0.25, 0.3) is 0 Å². The number of hydrogen-bond donors (Lipinski definition) is 1. The lowest BCUT2D eigenvalue weighted by Gasteiger charge is -2.34. The number of piperidine rings is 2. The van der Waals surface area contributed by atoms with Gasteiger partial charge < -0.3 is 14.7 Å². The van der Waals surface area contributed by atoms with Gasteiger partial charge in [0.1, 0.15) is 6.04 Å². The second kappa shape index (κ2) is 14.9. The highest BCUT2D eigenvalue weighted by Crippen LogP contribution is 2.43. The van der Waals surface area contributed by atoms with E-state index in [0.717, 1.165) is 57.2 Å². The van der Waals surface area contributed by atoms with Crippen LogP contribution in [0.15, 0.2) is 24.3 Å². The predicted octanol–water partition coefficient (Wildman–Crippen LogP) is 4.51. The molecule has 7 heterocycles. The maximum atomic E-state index is 14.4. The molecule has 1 unspecified atom stereocenters. The first kappa shape index (κ1) is 39.0. The molecule has 1 aromatic heterocycles. The van der Waals surface area contributed by atoms with E-state index in [1.807, 2.05) is 34.6 Å². The number of carbonyl (C=O) groups is 6. The third-order valence-electron chi connectivity index (χ3n) is 13.1. The number of benzene rings is 2. The van der Waals surface area contributed by atoms with Crippen molar-refractivity contribution in [3.8, 4) is 0 Å². The van der Waals surface area contributed by atoms with Crippen LogP contribution in [-0.4, -0.2) is 104 Å². The zero-order valence-electron chi connectivity index (χ0n) is 33.6. The van der Waals surface area contributed by atoms with Gasteiger partial charge in [0.15, 0.2) is 5.82 Å². The summed E-state index contributed by atoms with van der Waals surface area (Å²) in [4.78, 5) is 85.9. The van der Waals surface area contributed by atoms with Crippen molar-refractivity contribution in [2.24, 2.45) is 0 Å². The third-order valence-corrected chi connectivity index (χ3v) is 13.1. The fourth-order valence-electron chi connectivity index (χ4n) is 9.99. The van der Waals surface area contributed by atoms with Crippen LogP contribution in [0.1, 0.15) is 131 Å². The van der Waals surface area contributed by atoms with Gasteiger partial charge in [-0.2, -0.15) is 5.10 Å². The van der Waals surface area contributed by atoms with Gasteiger partial charge in [-0.05, 0) is 78.5 Å². The number of rotatable bonds is 7. The Kier molecular flexibility index (Phi) is 9.87. The van der Waals surface area contributed by atoms with Crippen molar-refractivity contribution in [2.45, 2.75) is 110 Å². The SMILES string of the molecule is CC(=O)N1CCc2c(c(N3CCCc4cc(C(C)C)c(C(F)F)cc43)nn2C2CCN(C(=O)CN3Cc4cc5c(cc4C3)C(=O)N(C3CCC(=O)NC3=O)C5=O)CC2)C1. The predicted molar refractivity (Wildman–Crippen MR) is 210 cm³/mol. The van der Waals surface area contributed by atoms with Gasteiger partial charge in [0.25, 0.3) is 18.2 Å². The maximum Gasteiger partial charge on any atom is 0.264 e. The lowest BCUT2D eigenvalue weighted by Crippen LogP contribution is -2.54. The van der Waals surface area contributed by atoms with Crippen LogP contribution in [0.5, 0.6) is 0 Å². The van der Waals surface area contributed by atoms with E-state index >= 15 is 0 Å². The molecular weight excluding hydrogens is 763 g/mol. The number of carbonyl (C=O) groups excluding carboxylic acids is 6. The first-order valence-corrected chi connectivity index (χ1v) is 20.7. The summed E-state index contributed by atoms with van der Waals surface area (Å²) in [5, 5.41) is 7.45. The Morgan fingerprint density at radius 3 is 2.14 bits per heavy atom. The summed E-state index contributed by atoms with van der Waals surface area (Å²) in [6.45, 7) is 9.13. The number of halogens is 2. The Labute approximate surface area is 340 Å². The molecule has 0 spiro atoms. The molecule has 310 valence electrons. The maximum absolute atomic E-state index is 14.4. The molecule has 2 saturated heterocycles. The third kappa shape index (κ3) is 6.78. The number of nitrogens with zero attached hydrogens (tertiary/aromatic N) is 7. The molecule has 0 radical (unpaired) electrons. The van der Waals surface area contributed by atoms with E-state index in [2.05, 4.69) is 14.9 Å². The van der Waals surface area contributed by atoms with E-state index in [0.29, 0.717) is 70.6 Å². The minimum atomic E-state index is -2.60. The van der Waals surface area contributed by atoms with E-state index in [-0.39, 0.29) is 59.9 Å². The molecule has 0 aliphatic carbocycles. The topological polar surface area (TPSA) is 148 Å². The van der Waals surface area contributed by atoms with Crippen LogP contribution < -0.4 is 10.2 Å². The fourth-order valence-corrected chi connectivity index (χ4v) is 9.99. The summed E-state index contributed by atoms with van der Waals surface area (Å²) in [7, 11) is 0. The molecule has 1 N–H and O–H groups in total. The molecular formula is C43H48F2N8O6. The van der Waals surface area contributed by atoms with Crippen LogP contribution in [-0.2, 0) is 51.7 Å². The molecule has 3 aromatic rings. The highest BCUT2D eigenvalue weighted by Gasteiger charge is 2.45. The molecule has 0 bridgehead atoms. The molecule has 6 aliphatic heterocycles. The summed E-state index contributed by atoms with van der Waals surface area (Å²) < 4.78 is 30.9. The van der Waals surface area contributed by atoms with Gasteiger partial charge in [0.2, 0.25) is 23.6 Å². The number of nitrogens with one attached hydrogen (secondary N) is 1. The van der Waals surface area contributed by atoms with E-state index in [1.54, 1.807) is 25.1 Å². The zero-order chi connectivity index (χ0) is 41.4. The van der Waals surface area contributed by atoms with E-state index in [1.165, 1.54) is 0 Å². The Morgan fingerprint density at radius 2 is 1.51 bits per heavy atom. The van der Waals surface area contributed by atoms with Gasteiger partial charge in [-0.3, -0.25) is 48.6 Å². The van der Waals surface area contributed by atoms with Crippen molar-refractivity contribution in [1.82, 2.24) is 34.7 Å². The highest BCUT2D eigenvalue weighted by atomic mass is 19.3. The average molecular weight is 811 g/mol. The molecule has 2 aromatic carbocycles. The van der Waals surface area contributed by atoms with Crippen LogP contribution in [0.2, 0.25) is 0 Å². The number of likely N-dealkylation sites (tertiary alicyclic amines) is 1. The summed E-state index contributed by atoms with van der Waals surface area (Å²) in [5.41, 5.74) is 6.68. The summed E-state index contributed by atoms with van der Waals surface area (Å²) in [6.07, 6.45) is 1.17. The van der Waals surface area contributed by atoms with Gasteiger partial charge in [0, 0.05) is 81.5 Å². The quantitative estimate of drug-likeness (QED) is 0.341. The molecule has 0 saturated carbocycles. The Morgan fingerprint density at radius 1 is 0.814 bits per heavy atom. The Hall–Kier alpha value is -5.51. The van der Waals surface area contributed by atoms with Crippen molar-refractivity contribution < 1.29 is 37.5 Å². The smallest absolute Gasteiger partial charge is 0.264 e. The minimum absolute atomic E-state index is 0.0132. The molecule has 9 rings (SSSR count). The van der Waals surface area contributed by atoms with Crippen molar-refractivity contribution in [3.63, 3.8) is 0 Å². The minimum Gasteiger partial charge on any atom is -0.341 e. The Bertz CT molecular complexity index is 2270. The lowest BCUT2D eigenvalue weighted by atomic mass is 9.90. The Balaban J connectivity index is 0.885. The normalized spacial score (nSPS) is 21.0. The molecule has 16 heteroatoms. The first-order chi connectivity index (χ1) is 28.3. The van der Waals surface area contributed by atoms with Gasteiger partial charge >= 0.3 is 0 Å². The number of amides is 6. The zero-order valence-corrected chi connectivity index (χ0v) is 33.6. The van der Waals surface area contributed by atoms with Crippen LogP contribution in [0.3, 0.4) is 0 Å². The van der Waals surface area contributed by atoms with Gasteiger partial charge in [-0.25, -0.2) is 8.78 Å². The monoisotopic (exact) mass is 810 g/mol. The second-order valence-corrected chi connectivity index (χ2v) is 17.1. The lowest BCUT2D eigenvalue weighted by molar-refractivity contribution is -0.136. The number of alkyl halides is 2. The average Bonchev–Trinajstić information content (AvgIpc) is 3.86. The summed E-state index contributed by atoms with van der Waals surface area (Å²) in [6, 6.07) is 5.98. The van der Waals surface area contributed by atoms with Crippen molar-refractivity contribution >= 4 is 46.9 Å². The number of hydrogen-bond acceptors (Lipinski definition) is 9. The van der Waals surface area contributed by atoms with Crippen LogP contribution in [0, 0.1) is 0 Å². The first-order valence-electron chi connectivity index (χ1n) is 20.7. The number of anilines is 2. The van der Waals surface area contributed by atoms with Crippen LogP contribution >= 0.6 is 0 Å². The number of aromatic nitrogens is 2. The standard InChI is InChI=1S/C43H48F2N8O6/c1-23(2)29-15-25-5-4-11-51(36(25)18-30(29)39(44)45)40-33-21-50(24(3)54)14-10-34(33)53(47-40)28-8-12-49(13-9-28)38(56)22-48-19-26-16-31-32(17-27(26)20-48)43(59)52(42(31)58)35-6-7-37(55)46-41(35)57/h15-18,23,28,35,39H,4-14,19-22H2,1-3H3,(H,46,55,57). The molecule has 14 nitrogen and oxygen atoms in total. The van der Waals surface area contributed by atoms with Crippen LogP contribution in [0.4, 0.5) is 20.3 Å². The van der Waals surface area contributed by atoms with Crippen molar-refractivity contribution in [3.05, 3.63) is 74.5 Å². The molecule has 1 atom stereocenters. The number of imide groups is 2. The summed E-state index contributed by atoms with van der Waals surface area (Å²) >= 11 is 0. The molecule has 2 fully saturated rings. The highest BCUT2D eigenvalue weighted by molar-refractivity contribution is 6.23. The molecule has 6 aliphatic rings. The summed E-state index contributed by atoms with van der Waals surface area (Å²) in [5.74, 6) is -1.54. The number of fused-ring (bicyclic) bond motifs is 4.